The smallest absolute Gasteiger partial charge is 0.361 e. The Morgan fingerprint density at radius 3 is 0.988 bits per heavy atom. The lowest BCUT2D eigenvalue weighted by Gasteiger charge is -2.25. The Bertz CT molecular complexity index is 1950. The molecule has 0 spiro atoms. The van der Waals surface area contributed by atoms with Gasteiger partial charge in [-0.1, -0.05) is 281 Å². The van der Waals surface area contributed by atoms with Crippen molar-refractivity contribution < 1.29 is 42.9 Å². The van der Waals surface area contributed by atoms with E-state index in [9.17, 15) is 19.5 Å². The molecule has 0 bridgehead atoms. The largest absolute Gasteiger partial charge is 0.477 e. The predicted molar refractivity (Wildman–Crippen MR) is 363 cm³/mol. The lowest BCUT2D eigenvalue weighted by Crippen LogP contribution is -2.40. The van der Waals surface area contributed by atoms with Crippen LogP contribution in [0.5, 0.6) is 0 Å². The fourth-order valence-corrected chi connectivity index (χ4v) is 8.73. The molecule has 0 aromatic carbocycles. The number of carbonyl (C=O) groups excluding carboxylic acids is 2. The Labute approximate surface area is 521 Å². The van der Waals surface area contributed by atoms with Crippen LogP contribution in [0.2, 0.25) is 0 Å². The van der Waals surface area contributed by atoms with Crippen molar-refractivity contribution in [2.45, 2.75) is 257 Å². The number of allylic oxidation sites excluding steroid dienone is 26. The van der Waals surface area contributed by atoms with Gasteiger partial charge in [0.2, 0.25) is 0 Å². The van der Waals surface area contributed by atoms with E-state index in [1.807, 2.05) is 33.3 Å². The molecule has 9 heteroatoms. The van der Waals surface area contributed by atoms with Gasteiger partial charge in [0.15, 0.2) is 6.10 Å². The van der Waals surface area contributed by atoms with E-state index >= 15 is 0 Å². The molecule has 2 atom stereocenters. The van der Waals surface area contributed by atoms with E-state index in [4.69, 9.17) is 18.9 Å². The van der Waals surface area contributed by atoms with Crippen molar-refractivity contribution in [3.05, 3.63) is 158 Å². The van der Waals surface area contributed by atoms with Gasteiger partial charge in [0.05, 0.1) is 34.4 Å². The molecule has 480 valence electrons. The van der Waals surface area contributed by atoms with Gasteiger partial charge in [0, 0.05) is 12.8 Å². The molecule has 0 aliphatic rings. The third-order valence-corrected chi connectivity index (χ3v) is 13.8. The third kappa shape index (κ3) is 66.3. The number of carboxylic acids is 1. The first-order valence-electron chi connectivity index (χ1n) is 33.6. The van der Waals surface area contributed by atoms with Crippen LogP contribution in [0.4, 0.5) is 0 Å². The highest BCUT2D eigenvalue weighted by Gasteiger charge is 2.25. The SMILES string of the molecule is CC/C=C\C/C=C\C/C=C\C/C=C\C/C=C\C/C=C\C/C=C\CCCCCCCCCCCCCCCCCCCCCC(=O)OC(COC(=O)CC/C=C\C/C=C\C/C=C\C/C=C\C/C=C\C/C=C\CC)COC(OCC[N+](C)(C)C)C(=O)O. The molecule has 0 heterocycles. The molecule has 0 saturated heterocycles. The van der Waals surface area contributed by atoms with E-state index in [1.165, 1.54) is 103 Å². The van der Waals surface area contributed by atoms with Gasteiger partial charge in [-0.05, 0) is 109 Å². The minimum atomic E-state index is -1.53. The van der Waals surface area contributed by atoms with Crippen molar-refractivity contribution >= 4 is 17.9 Å². The van der Waals surface area contributed by atoms with E-state index < -0.39 is 30.3 Å². The maximum absolute atomic E-state index is 12.9. The summed E-state index contributed by atoms with van der Waals surface area (Å²) in [6.45, 7) is 4.55. The van der Waals surface area contributed by atoms with E-state index in [-0.39, 0.29) is 32.7 Å². The topological polar surface area (TPSA) is 108 Å². The van der Waals surface area contributed by atoms with Gasteiger partial charge in [-0.25, -0.2) is 4.79 Å². The second kappa shape index (κ2) is 64.9. The summed E-state index contributed by atoms with van der Waals surface area (Å²) in [4.78, 5) is 37.5. The van der Waals surface area contributed by atoms with Crippen LogP contribution in [-0.4, -0.2) is 87.4 Å². The third-order valence-electron chi connectivity index (χ3n) is 13.8. The molecule has 9 nitrogen and oxygen atoms in total. The lowest BCUT2D eigenvalue weighted by atomic mass is 10.0. The van der Waals surface area contributed by atoms with Gasteiger partial charge in [-0.3, -0.25) is 9.59 Å². The summed E-state index contributed by atoms with van der Waals surface area (Å²) >= 11 is 0. The highest BCUT2D eigenvalue weighted by molar-refractivity contribution is 5.71. The summed E-state index contributed by atoms with van der Waals surface area (Å²) in [6.07, 6.45) is 93.8. The number of rotatable bonds is 60. The van der Waals surface area contributed by atoms with E-state index in [2.05, 4.69) is 160 Å². The Kier molecular flexibility index (Phi) is 61.0. The molecule has 0 rings (SSSR count). The summed E-state index contributed by atoms with van der Waals surface area (Å²) in [7, 11) is 5.94. The molecule has 0 saturated carbocycles. The highest BCUT2D eigenvalue weighted by Crippen LogP contribution is 2.16. The monoisotopic (exact) mass is 1180 g/mol. The average Bonchev–Trinajstić information content (AvgIpc) is 3.49. The molecular formula is C76H124NO8+. The number of nitrogens with zero attached hydrogens (tertiary/aromatic N) is 1. The number of esters is 2. The van der Waals surface area contributed by atoms with Crippen LogP contribution >= 0.6 is 0 Å². The highest BCUT2D eigenvalue weighted by atomic mass is 16.7. The van der Waals surface area contributed by atoms with Crippen LogP contribution in [-0.2, 0) is 33.3 Å². The van der Waals surface area contributed by atoms with Crippen molar-refractivity contribution in [2.75, 3.05) is 47.5 Å². The van der Waals surface area contributed by atoms with Crippen LogP contribution in [0.15, 0.2) is 158 Å². The van der Waals surface area contributed by atoms with Crippen molar-refractivity contribution in [1.29, 1.82) is 0 Å². The number of hydrogen-bond donors (Lipinski definition) is 1. The standard InChI is InChI=1S/C76H123NO8/c1-6-8-10-12-14-16-18-20-22-24-26-27-28-29-30-31-32-33-34-35-36-37-38-39-40-41-42-43-44-45-46-47-49-51-53-55-57-59-61-63-65-67-74(79)85-72(71-84-76(75(80)81)82-69-68-77(3,4)5)70-83-73(78)66-64-62-60-58-56-54-52-50-48-25-23-21-19-17-15-13-11-9-7-2/h8-11,14-17,20-23,26-27,29-30,32-33,35-36,48,50,54,56,60,62,72,76H,6-7,12-13,18-19,24-25,28,31,34,37-47,49,51-53,55,57-59,61,63-71H2,1-5H3/p+1/b10-8-,11-9-,16-14-,17-15-,22-20-,23-21-,27-26-,30-29-,33-32-,36-35-,50-48-,56-54-,62-60-. The molecule has 0 radical (unpaired) electrons. The summed E-state index contributed by atoms with van der Waals surface area (Å²) < 4.78 is 22.8. The predicted octanol–water partition coefficient (Wildman–Crippen LogP) is 20.9. The summed E-state index contributed by atoms with van der Waals surface area (Å²) in [5.41, 5.74) is 0. The number of ether oxygens (including phenoxy) is 4. The van der Waals surface area contributed by atoms with Gasteiger partial charge in [-0.15, -0.1) is 0 Å². The molecule has 0 aromatic heterocycles. The molecule has 0 aliphatic carbocycles. The summed E-state index contributed by atoms with van der Waals surface area (Å²) in [5, 5.41) is 9.72. The Hall–Kier alpha value is -5.09. The van der Waals surface area contributed by atoms with Gasteiger partial charge in [0.1, 0.15) is 13.2 Å². The Balaban J connectivity index is 4.11. The van der Waals surface area contributed by atoms with Crippen LogP contribution in [0.25, 0.3) is 0 Å². The van der Waals surface area contributed by atoms with Crippen LogP contribution < -0.4 is 0 Å². The molecule has 0 aliphatic heterocycles. The molecule has 2 unspecified atom stereocenters. The van der Waals surface area contributed by atoms with E-state index in [0.717, 1.165) is 103 Å². The normalized spacial score (nSPS) is 13.8. The first kappa shape index (κ1) is 79.9. The Morgan fingerprint density at radius 1 is 0.353 bits per heavy atom. The summed E-state index contributed by atoms with van der Waals surface area (Å²) in [6, 6.07) is 0. The maximum atomic E-state index is 12.9. The average molecular weight is 1180 g/mol. The van der Waals surface area contributed by atoms with Crippen LogP contribution in [0, 0.1) is 0 Å². The molecular weight excluding hydrogens is 1050 g/mol. The summed E-state index contributed by atoms with van der Waals surface area (Å²) in [5.74, 6) is -2.12. The van der Waals surface area contributed by atoms with Gasteiger partial charge >= 0.3 is 17.9 Å². The molecule has 0 amide bonds. The van der Waals surface area contributed by atoms with Crippen LogP contribution in [0.3, 0.4) is 0 Å². The first-order valence-corrected chi connectivity index (χ1v) is 33.6. The van der Waals surface area contributed by atoms with E-state index in [0.29, 0.717) is 23.9 Å². The number of carbonyl (C=O) groups is 3. The maximum Gasteiger partial charge on any atom is 0.361 e. The lowest BCUT2D eigenvalue weighted by molar-refractivity contribution is -0.870. The van der Waals surface area contributed by atoms with Gasteiger partial charge < -0.3 is 28.5 Å². The van der Waals surface area contributed by atoms with Crippen molar-refractivity contribution in [2.24, 2.45) is 0 Å². The van der Waals surface area contributed by atoms with Crippen molar-refractivity contribution in [3.63, 3.8) is 0 Å². The Morgan fingerprint density at radius 2 is 0.659 bits per heavy atom. The number of carboxylic acid groups (broad SMARTS) is 1. The van der Waals surface area contributed by atoms with Crippen LogP contribution in [0.1, 0.15) is 245 Å². The second-order valence-corrected chi connectivity index (χ2v) is 23.0. The molecule has 1 N–H and O–H groups in total. The fraction of sp³-hybridized carbons (Fsp3) is 0.618. The molecule has 0 aromatic rings. The minimum absolute atomic E-state index is 0.170. The number of aliphatic carboxylic acids is 1. The number of hydrogen-bond acceptors (Lipinski definition) is 7. The zero-order chi connectivity index (χ0) is 61.9. The first-order chi connectivity index (χ1) is 41.6. The molecule has 85 heavy (non-hydrogen) atoms. The van der Waals surface area contributed by atoms with E-state index in [1.54, 1.807) is 0 Å². The quantitative estimate of drug-likeness (QED) is 0.0211. The zero-order valence-electron chi connectivity index (χ0n) is 54.7. The van der Waals surface area contributed by atoms with Gasteiger partial charge in [-0.2, -0.15) is 0 Å². The van der Waals surface area contributed by atoms with Crippen molar-refractivity contribution in [1.82, 2.24) is 0 Å². The van der Waals surface area contributed by atoms with Gasteiger partial charge in [0.25, 0.3) is 6.29 Å². The number of likely N-dealkylation sites (N-methyl/N-ethyl adjacent to an activating group) is 1. The number of unbranched alkanes of at least 4 members (excludes halogenated alkanes) is 19. The fourth-order valence-electron chi connectivity index (χ4n) is 8.73. The zero-order valence-corrected chi connectivity index (χ0v) is 54.7. The molecule has 0 fully saturated rings. The number of quaternary nitrogens is 1. The second-order valence-electron chi connectivity index (χ2n) is 23.0. The van der Waals surface area contributed by atoms with Crippen molar-refractivity contribution in [3.8, 4) is 0 Å². The minimum Gasteiger partial charge on any atom is -0.477 e.